The second-order valence-electron chi connectivity index (χ2n) is 5.78. The van der Waals surface area contributed by atoms with Crippen LogP contribution in [0.25, 0.3) is 21.5 Å². The molecule has 26 heavy (non-hydrogen) atoms. The number of nitrogens with two attached hydrogens (primary N) is 1. The molecule has 7 heteroatoms. The van der Waals surface area contributed by atoms with Crippen LogP contribution in [-0.4, -0.2) is 20.9 Å². The highest BCUT2D eigenvalue weighted by atomic mass is 32.1. The molecule has 0 spiro atoms. The van der Waals surface area contributed by atoms with Gasteiger partial charge in [-0.1, -0.05) is 0 Å². The first-order chi connectivity index (χ1) is 12.6. The summed E-state index contributed by atoms with van der Waals surface area (Å²) in [6, 6.07) is 9.34. The Balaban J connectivity index is 1.71. The minimum atomic E-state index is -0.247. The summed E-state index contributed by atoms with van der Waals surface area (Å²) in [7, 11) is 0. The summed E-state index contributed by atoms with van der Waals surface area (Å²) < 4.78 is 0. The first-order valence-electron chi connectivity index (χ1n) is 7.95. The van der Waals surface area contributed by atoms with Crippen molar-refractivity contribution in [2.45, 2.75) is 6.92 Å². The highest BCUT2D eigenvalue weighted by Crippen LogP contribution is 2.34. The van der Waals surface area contributed by atoms with Gasteiger partial charge >= 0.3 is 0 Å². The zero-order valence-electron chi connectivity index (χ0n) is 13.9. The second-order valence-corrected chi connectivity index (χ2v) is 6.78. The number of anilines is 2. The molecule has 0 aliphatic rings. The molecule has 0 bridgehead atoms. The van der Waals surface area contributed by atoms with Crippen molar-refractivity contribution >= 4 is 38.8 Å². The van der Waals surface area contributed by atoms with Gasteiger partial charge in [0.25, 0.3) is 5.91 Å². The lowest BCUT2D eigenvalue weighted by atomic mass is 10.1. The summed E-state index contributed by atoms with van der Waals surface area (Å²) in [5.41, 5.74) is 9.96. The summed E-state index contributed by atoms with van der Waals surface area (Å²) in [6.07, 6.45) is 6.81. The van der Waals surface area contributed by atoms with Crippen LogP contribution in [-0.2, 0) is 0 Å². The van der Waals surface area contributed by atoms with E-state index in [-0.39, 0.29) is 5.91 Å². The van der Waals surface area contributed by atoms with E-state index in [0.29, 0.717) is 16.3 Å². The van der Waals surface area contributed by atoms with Crippen molar-refractivity contribution < 1.29 is 4.79 Å². The fourth-order valence-electron chi connectivity index (χ4n) is 2.63. The quantitative estimate of drug-likeness (QED) is 0.577. The van der Waals surface area contributed by atoms with Gasteiger partial charge in [0.2, 0.25) is 0 Å². The molecule has 0 aliphatic carbocycles. The maximum Gasteiger partial charge on any atom is 0.267 e. The normalized spacial score (nSPS) is 10.8. The third-order valence-corrected chi connectivity index (χ3v) is 5.14. The van der Waals surface area contributed by atoms with Gasteiger partial charge in [-0.05, 0) is 42.8 Å². The molecule has 4 aromatic rings. The summed E-state index contributed by atoms with van der Waals surface area (Å²) in [5.74, 6) is -0.247. The molecule has 128 valence electrons. The number of hydrogen-bond donors (Lipinski definition) is 2. The van der Waals surface area contributed by atoms with Crippen molar-refractivity contribution in [1.82, 2.24) is 15.0 Å². The molecular weight excluding hydrogens is 346 g/mol. The predicted molar refractivity (Wildman–Crippen MR) is 104 cm³/mol. The van der Waals surface area contributed by atoms with Gasteiger partial charge in [-0.2, -0.15) is 0 Å². The van der Waals surface area contributed by atoms with Crippen molar-refractivity contribution in [1.29, 1.82) is 0 Å². The average Bonchev–Trinajstić information content (AvgIpc) is 3.00. The Labute approximate surface area is 153 Å². The fourth-order valence-corrected chi connectivity index (χ4v) is 3.62. The van der Waals surface area contributed by atoms with Crippen molar-refractivity contribution in [3.8, 4) is 11.3 Å². The van der Waals surface area contributed by atoms with Crippen molar-refractivity contribution in [2.75, 3.05) is 11.1 Å². The van der Waals surface area contributed by atoms with Gasteiger partial charge in [0, 0.05) is 41.4 Å². The molecule has 3 N–H and O–H groups in total. The molecular formula is C19H15N5OS. The first-order valence-corrected chi connectivity index (χ1v) is 8.76. The Bertz CT molecular complexity index is 1110. The molecule has 0 unspecified atom stereocenters. The number of hydrogen-bond acceptors (Lipinski definition) is 6. The van der Waals surface area contributed by atoms with E-state index in [0.717, 1.165) is 27.0 Å². The summed E-state index contributed by atoms with van der Waals surface area (Å²) >= 11 is 1.28. The lowest BCUT2D eigenvalue weighted by Gasteiger charge is -2.06. The van der Waals surface area contributed by atoms with Crippen molar-refractivity contribution in [3.63, 3.8) is 0 Å². The average molecular weight is 361 g/mol. The number of aryl methyl sites for hydroxylation is 1. The number of aromatic nitrogens is 3. The standard InChI is InChI=1S/C19H15N5OS/c1-11-9-22-8-6-14(11)23-18(25)17-16(20)13-4-5-15(24-19(13)26-17)12-3-2-7-21-10-12/h2-10H,20H2,1H3,(H,22,23,25). The topological polar surface area (TPSA) is 93.8 Å². The number of nitrogens with zero attached hydrogens (tertiary/aromatic N) is 3. The first kappa shape index (κ1) is 16.2. The van der Waals surface area contributed by atoms with E-state index < -0.39 is 0 Å². The number of fused-ring (bicyclic) bond motifs is 1. The van der Waals surface area contributed by atoms with Crippen LogP contribution in [0.4, 0.5) is 11.4 Å². The van der Waals surface area contributed by atoms with E-state index >= 15 is 0 Å². The number of carbonyl (C=O) groups is 1. The largest absolute Gasteiger partial charge is 0.397 e. The number of nitrogen functional groups attached to an aromatic ring is 1. The lowest BCUT2D eigenvalue weighted by Crippen LogP contribution is -2.12. The third kappa shape index (κ3) is 2.89. The molecule has 4 rings (SSSR count). The Kier molecular flexibility index (Phi) is 4.06. The molecule has 4 aromatic heterocycles. The molecule has 0 aliphatic heterocycles. The summed E-state index contributed by atoms with van der Waals surface area (Å²) in [5, 5.41) is 3.67. The zero-order chi connectivity index (χ0) is 18.1. The van der Waals surface area contributed by atoms with E-state index in [2.05, 4.69) is 20.3 Å². The van der Waals surface area contributed by atoms with E-state index in [1.54, 1.807) is 30.9 Å². The van der Waals surface area contributed by atoms with Crippen LogP contribution in [0.3, 0.4) is 0 Å². The Morgan fingerprint density at radius 3 is 2.73 bits per heavy atom. The molecule has 0 radical (unpaired) electrons. The lowest BCUT2D eigenvalue weighted by molar-refractivity contribution is 0.103. The van der Waals surface area contributed by atoms with Gasteiger partial charge in [-0.25, -0.2) is 4.98 Å². The SMILES string of the molecule is Cc1cnccc1NC(=O)c1sc2nc(-c3cccnc3)ccc2c1N. The zero-order valence-corrected chi connectivity index (χ0v) is 14.7. The Morgan fingerprint density at radius 2 is 1.96 bits per heavy atom. The van der Waals surface area contributed by atoms with E-state index in [9.17, 15) is 4.79 Å². The van der Waals surface area contributed by atoms with Crippen LogP contribution in [0.5, 0.6) is 0 Å². The van der Waals surface area contributed by atoms with Crippen LogP contribution < -0.4 is 11.1 Å². The number of thiophene rings is 1. The summed E-state index contributed by atoms with van der Waals surface area (Å²) in [6.45, 7) is 1.89. The van der Waals surface area contributed by atoms with Gasteiger partial charge in [-0.15, -0.1) is 11.3 Å². The van der Waals surface area contributed by atoms with Gasteiger partial charge in [0.05, 0.1) is 11.4 Å². The predicted octanol–water partition coefficient (Wildman–Crippen LogP) is 3.90. The molecule has 1 amide bonds. The number of carbonyl (C=O) groups excluding carboxylic acids is 1. The van der Waals surface area contributed by atoms with Gasteiger partial charge in [0.15, 0.2) is 0 Å². The van der Waals surface area contributed by atoms with Crippen molar-refractivity contribution in [3.05, 3.63) is 65.6 Å². The smallest absolute Gasteiger partial charge is 0.267 e. The minimum absolute atomic E-state index is 0.247. The fraction of sp³-hybridized carbons (Fsp3) is 0.0526. The summed E-state index contributed by atoms with van der Waals surface area (Å²) in [4.78, 5) is 26.6. The maximum absolute atomic E-state index is 12.7. The van der Waals surface area contributed by atoms with E-state index in [1.807, 2.05) is 31.2 Å². The number of pyridine rings is 3. The van der Waals surface area contributed by atoms with Crippen LogP contribution >= 0.6 is 11.3 Å². The van der Waals surface area contributed by atoms with Gasteiger partial charge < -0.3 is 11.1 Å². The monoisotopic (exact) mass is 361 g/mol. The Morgan fingerprint density at radius 1 is 1.12 bits per heavy atom. The maximum atomic E-state index is 12.7. The molecule has 4 heterocycles. The van der Waals surface area contributed by atoms with Crippen LogP contribution in [0.15, 0.2) is 55.1 Å². The third-order valence-electron chi connectivity index (χ3n) is 4.03. The molecule has 0 saturated heterocycles. The van der Waals surface area contributed by atoms with Crippen LogP contribution in [0, 0.1) is 6.92 Å². The number of amides is 1. The molecule has 0 atom stereocenters. The second kappa shape index (κ2) is 6.53. The van der Waals surface area contributed by atoms with Crippen LogP contribution in [0.2, 0.25) is 0 Å². The minimum Gasteiger partial charge on any atom is -0.397 e. The highest BCUT2D eigenvalue weighted by Gasteiger charge is 2.18. The van der Waals surface area contributed by atoms with E-state index in [4.69, 9.17) is 5.73 Å². The van der Waals surface area contributed by atoms with Crippen LogP contribution in [0.1, 0.15) is 15.2 Å². The van der Waals surface area contributed by atoms with Crippen molar-refractivity contribution in [2.24, 2.45) is 0 Å². The molecule has 6 nitrogen and oxygen atoms in total. The Hall–Kier alpha value is -3.32. The molecule has 0 saturated carbocycles. The van der Waals surface area contributed by atoms with E-state index in [1.165, 1.54) is 11.3 Å². The van der Waals surface area contributed by atoms with Gasteiger partial charge in [0.1, 0.15) is 9.71 Å². The van der Waals surface area contributed by atoms with Gasteiger partial charge in [-0.3, -0.25) is 14.8 Å². The molecule has 0 fully saturated rings. The number of rotatable bonds is 3. The highest BCUT2D eigenvalue weighted by molar-refractivity contribution is 7.21. The molecule has 0 aromatic carbocycles. The number of nitrogens with one attached hydrogen (secondary N) is 1.